The fraction of sp³-hybridized carbons (Fsp3) is 0.471. The standard InChI is InChI=1S/C17H21N5O3/c1-17(2)15(23)14(21-16(20)22(10-19)6-7-24-3)12-8-11(9-18)4-5-13(12)25-17/h4-5,8,14-15,23H,6-7H2,1-3H3,(H2,20,21)/t14-,15+/m1/s1. The zero-order chi connectivity index (χ0) is 18.6. The maximum atomic E-state index is 10.7. The first kappa shape index (κ1) is 18.5. The second-order valence-corrected chi connectivity index (χ2v) is 6.19. The van der Waals surface area contributed by atoms with Gasteiger partial charge in [0.05, 0.1) is 24.8 Å². The average Bonchev–Trinajstić information content (AvgIpc) is 2.59. The predicted octanol–water partition coefficient (Wildman–Crippen LogP) is 0.875. The van der Waals surface area contributed by atoms with Crippen molar-refractivity contribution in [3.8, 4) is 18.0 Å². The van der Waals surface area contributed by atoms with E-state index in [1.165, 1.54) is 12.0 Å². The first-order chi connectivity index (χ1) is 11.8. The second kappa shape index (κ2) is 7.39. The van der Waals surface area contributed by atoms with Crippen LogP contribution in [-0.2, 0) is 4.74 Å². The number of methoxy groups -OCH3 is 1. The summed E-state index contributed by atoms with van der Waals surface area (Å²) in [5.74, 6) is 0.492. The zero-order valence-corrected chi connectivity index (χ0v) is 14.4. The molecule has 8 heteroatoms. The molecule has 0 amide bonds. The van der Waals surface area contributed by atoms with Crippen LogP contribution in [0, 0.1) is 22.8 Å². The Labute approximate surface area is 146 Å². The number of hydrogen-bond donors (Lipinski definition) is 2. The minimum atomic E-state index is -1.00. The molecule has 2 atom stereocenters. The summed E-state index contributed by atoms with van der Waals surface area (Å²) in [4.78, 5) is 5.54. The molecule has 0 saturated carbocycles. The third kappa shape index (κ3) is 3.82. The van der Waals surface area contributed by atoms with Crippen molar-refractivity contribution in [2.24, 2.45) is 10.7 Å². The second-order valence-electron chi connectivity index (χ2n) is 6.19. The number of ether oxygens (including phenoxy) is 2. The molecule has 8 nitrogen and oxygen atoms in total. The molecule has 2 rings (SSSR count). The van der Waals surface area contributed by atoms with Crippen molar-refractivity contribution in [2.45, 2.75) is 31.6 Å². The summed E-state index contributed by atoms with van der Waals surface area (Å²) in [6.07, 6.45) is 0.936. The molecule has 1 aliphatic rings. The summed E-state index contributed by atoms with van der Waals surface area (Å²) in [6, 6.07) is 6.22. The predicted molar refractivity (Wildman–Crippen MR) is 90.4 cm³/mol. The van der Waals surface area contributed by atoms with E-state index in [0.29, 0.717) is 23.5 Å². The van der Waals surface area contributed by atoms with Gasteiger partial charge in [0.15, 0.2) is 6.19 Å². The van der Waals surface area contributed by atoms with E-state index in [1.54, 1.807) is 32.0 Å². The molecule has 0 radical (unpaired) electrons. The molecule has 1 aromatic carbocycles. The van der Waals surface area contributed by atoms with Gasteiger partial charge in [0.25, 0.3) is 0 Å². The normalized spacial score (nSPS) is 21.4. The monoisotopic (exact) mass is 343 g/mol. The van der Waals surface area contributed by atoms with Crippen molar-refractivity contribution in [3.63, 3.8) is 0 Å². The number of nitrogens with zero attached hydrogens (tertiary/aromatic N) is 4. The number of aliphatic hydroxyl groups excluding tert-OH is 1. The van der Waals surface area contributed by atoms with Gasteiger partial charge in [-0.2, -0.15) is 10.5 Å². The molecule has 1 heterocycles. The maximum absolute atomic E-state index is 10.7. The molecular weight excluding hydrogens is 322 g/mol. The largest absolute Gasteiger partial charge is 0.485 e. The van der Waals surface area contributed by atoms with E-state index in [9.17, 15) is 10.4 Å². The maximum Gasteiger partial charge on any atom is 0.205 e. The summed E-state index contributed by atoms with van der Waals surface area (Å²) in [7, 11) is 1.52. The summed E-state index contributed by atoms with van der Waals surface area (Å²) in [6.45, 7) is 4.03. The number of nitrogens with two attached hydrogens (primary N) is 1. The first-order valence-corrected chi connectivity index (χ1v) is 7.74. The van der Waals surface area contributed by atoms with E-state index in [2.05, 4.69) is 11.1 Å². The first-order valence-electron chi connectivity index (χ1n) is 7.74. The number of guanidine groups is 1. The van der Waals surface area contributed by atoms with Gasteiger partial charge in [-0.05, 0) is 32.0 Å². The molecule has 0 saturated heterocycles. The van der Waals surface area contributed by atoms with Gasteiger partial charge in [-0.1, -0.05) is 0 Å². The van der Waals surface area contributed by atoms with Gasteiger partial charge in [0.1, 0.15) is 23.5 Å². The highest BCUT2D eigenvalue weighted by atomic mass is 16.5. The zero-order valence-electron chi connectivity index (χ0n) is 14.4. The van der Waals surface area contributed by atoms with E-state index in [1.807, 2.05) is 6.19 Å². The SMILES string of the molecule is COCCN(C#N)C(N)=N[C@@H]1c2cc(C#N)ccc2OC(C)(C)[C@H]1O. The third-order valence-corrected chi connectivity index (χ3v) is 4.03. The minimum absolute atomic E-state index is 0.0328. The molecule has 1 aromatic rings. The molecule has 132 valence electrons. The molecular formula is C17H21N5O3. The lowest BCUT2D eigenvalue weighted by atomic mass is 9.86. The van der Waals surface area contributed by atoms with Crippen LogP contribution in [0.5, 0.6) is 5.75 Å². The number of fused-ring (bicyclic) bond motifs is 1. The Kier molecular flexibility index (Phi) is 5.48. The van der Waals surface area contributed by atoms with Gasteiger partial charge in [-0.3, -0.25) is 0 Å². The molecule has 0 aliphatic carbocycles. The minimum Gasteiger partial charge on any atom is -0.485 e. The molecule has 0 unspecified atom stereocenters. The summed E-state index contributed by atoms with van der Waals surface area (Å²) < 4.78 is 10.8. The van der Waals surface area contributed by atoms with E-state index < -0.39 is 17.7 Å². The van der Waals surface area contributed by atoms with Crippen molar-refractivity contribution in [1.29, 1.82) is 10.5 Å². The van der Waals surface area contributed by atoms with Crippen LogP contribution >= 0.6 is 0 Å². The van der Waals surface area contributed by atoms with Crippen molar-refractivity contribution < 1.29 is 14.6 Å². The van der Waals surface area contributed by atoms with Crippen LogP contribution in [0.25, 0.3) is 0 Å². The van der Waals surface area contributed by atoms with Crippen LogP contribution in [0.1, 0.15) is 31.0 Å². The Morgan fingerprint density at radius 1 is 1.48 bits per heavy atom. The van der Waals surface area contributed by atoms with Crippen molar-refractivity contribution in [2.75, 3.05) is 20.3 Å². The molecule has 1 aliphatic heterocycles. The van der Waals surface area contributed by atoms with Crippen molar-refractivity contribution in [1.82, 2.24) is 4.90 Å². The van der Waals surface area contributed by atoms with Crippen LogP contribution < -0.4 is 10.5 Å². The van der Waals surface area contributed by atoms with Crippen molar-refractivity contribution >= 4 is 5.96 Å². The number of rotatable bonds is 4. The third-order valence-electron chi connectivity index (χ3n) is 4.03. The Morgan fingerprint density at radius 3 is 2.80 bits per heavy atom. The van der Waals surface area contributed by atoms with E-state index in [0.717, 1.165) is 0 Å². The smallest absolute Gasteiger partial charge is 0.205 e. The fourth-order valence-corrected chi connectivity index (χ4v) is 2.59. The lowest BCUT2D eigenvalue weighted by Crippen LogP contribution is -2.49. The number of hydrogen-bond acceptors (Lipinski definition) is 6. The highest BCUT2D eigenvalue weighted by molar-refractivity contribution is 5.80. The topological polar surface area (TPSA) is 128 Å². The molecule has 0 spiro atoms. The highest BCUT2D eigenvalue weighted by Gasteiger charge is 2.43. The Balaban J connectivity index is 2.46. The van der Waals surface area contributed by atoms with E-state index in [4.69, 9.17) is 20.5 Å². The summed E-state index contributed by atoms with van der Waals surface area (Å²) in [5.41, 5.74) is 6.03. The van der Waals surface area contributed by atoms with Crippen LogP contribution in [0.15, 0.2) is 23.2 Å². The van der Waals surface area contributed by atoms with Gasteiger partial charge >= 0.3 is 0 Å². The van der Waals surface area contributed by atoms with Gasteiger partial charge in [-0.25, -0.2) is 9.89 Å². The molecule has 3 N–H and O–H groups in total. The number of aliphatic hydroxyl groups is 1. The van der Waals surface area contributed by atoms with Gasteiger partial charge in [0, 0.05) is 12.7 Å². The number of benzene rings is 1. The summed E-state index contributed by atoms with van der Waals surface area (Å²) in [5, 5.41) is 29.0. The Hall–Kier alpha value is -2.81. The lowest BCUT2D eigenvalue weighted by molar-refractivity contribution is -0.0568. The van der Waals surface area contributed by atoms with Gasteiger partial charge < -0.3 is 20.3 Å². The van der Waals surface area contributed by atoms with Gasteiger partial charge in [-0.15, -0.1) is 0 Å². The van der Waals surface area contributed by atoms with Gasteiger partial charge in [0.2, 0.25) is 5.96 Å². The average molecular weight is 343 g/mol. The van der Waals surface area contributed by atoms with Crippen LogP contribution in [0.2, 0.25) is 0 Å². The van der Waals surface area contributed by atoms with Crippen LogP contribution in [0.3, 0.4) is 0 Å². The van der Waals surface area contributed by atoms with Crippen molar-refractivity contribution in [3.05, 3.63) is 29.3 Å². The summed E-state index contributed by atoms with van der Waals surface area (Å²) >= 11 is 0. The highest BCUT2D eigenvalue weighted by Crippen LogP contribution is 2.42. The Bertz CT molecular complexity index is 748. The van der Waals surface area contributed by atoms with E-state index in [-0.39, 0.29) is 12.5 Å². The fourth-order valence-electron chi connectivity index (χ4n) is 2.59. The number of nitriles is 2. The molecule has 0 fully saturated rings. The molecule has 0 bridgehead atoms. The quantitative estimate of drug-likeness (QED) is 0.359. The van der Waals surface area contributed by atoms with Crippen LogP contribution in [0.4, 0.5) is 0 Å². The lowest BCUT2D eigenvalue weighted by Gasteiger charge is -2.40. The van der Waals surface area contributed by atoms with Crippen LogP contribution in [-0.4, -0.2) is 47.9 Å². The molecule has 0 aromatic heterocycles. The Morgan fingerprint density at radius 2 is 2.20 bits per heavy atom. The molecule has 25 heavy (non-hydrogen) atoms. The van der Waals surface area contributed by atoms with E-state index >= 15 is 0 Å². The number of aliphatic imine (C=N–C) groups is 1.